The van der Waals surface area contributed by atoms with Crippen LogP contribution in [0.15, 0.2) is 48.8 Å². The summed E-state index contributed by atoms with van der Waals surface area (Å²) in [5, 5.41) is 2.90. The van der Waals surface area contributed by atoms with Gasteiger partial charge in [0.05, 0.1) is 7.11 Å². The Bertz CT molecular complexity index is 521. The van der Waals surface area contributed by atoms with Crippen LogP contribution in [0.1, 0.15) is 12.0 Å². The standard InChI is InChI=1S/C15H18N2O2/c1-19-14-6-4-5-13(11-14)12-16-15(18)7-10-17-8-2-3-9-17/h2-6,8-9,11H,7,10,12H2,1H3,(H,16,18). The molecular formula is C15H18N2O2. The summed E-state index contributed by atoms with van der Waals surface area (Å²) in [6.07, 6.45) is 4.39. The summed E-state index contributed by atoms with van der Waals surface area (Å²) in [4.78, 5) is 11.7. The Morgan fingerprint density at radius 1 is 1.26 bits per heavy atom. The van der Waals surface area contributed by atoms with Gasteiger partial charge in [-0.25, -0.2) is 0 Å². The van der Waals surface area contributed by atoms with Gasteiger partial charge in [-0.15, -0.1) is 0 Å². The number of methoxy groups -OCH3 is 1. The third-order valence-corrected chi connectivity index (χ3v) is 2.89. The van der Waals surface area contributed by atoms with Crippen molar-refractivity contribution in [2.45, 2.75) is 19.5 Å². The highest BCUT2D eigenvalue weighted by Crippen LogP contribution is 2.12. The van der Waals surface area contributed by atoms with Gasteiger partial charge in [0.2, 0.25) is 5.91 Å². The fourth-order valence-electron chi connectivity index (χ4n) is 1.82. The summed E-state index contributed by atoms with van der Waals surface area (Å²) in [7, 11) is 1.63. The third-order valence-electron chi connectivity index (χ3n) is 2.89. The van der Waals surface area contributed by atoms with Gasteiger partial charge < -0.3 is 14.6 Å². The van der Waals surface area contributed by atoms with Crippen molar-refractivity contribution in [2.24, 2.45) is 0 Å². The Morgan fingerprint density at radius 3 is 2.79 bits per heavy atom. The molecule has 1 N–H and O–H groups in total. The van der Waals surface area contributed by atoms with Crippen molar-refractivity contribution in [3.05, 3.63) is 54.4 Å². The van der Waals surface area contributed by atoms with Crippen molar-refractivity contribution in [1.29, 1.82) is 0 Å². The second-order valence-electron chi connectivity index (χ2n) is 4.30. The second-order valence-corrected chi connectivity index (χ2v) is 4.30. The lowest BCUT2D eigenvalue weighted by Gasteiger charge is -2.07. The van der Waals surface area contributed by atoms with Gasteiger partial charge in [-0.1, -0.05) is 12.1 Å². The molecule has 1 heterocycles. The van der Waals surface area contributed by atoms with Crippen molar-refractivity contribution in [3.8, 4) is 5.75 Å². The van der Waals surface area contributed by atoms with Crippen LogP contribution in [0.4, 0.5) is 0 Å². The molecule has 2 rings (SSSR count). The molecule has 100 valence electrons. The van der Waals surface area contributed by atoms with Crippen LogP contribution >= 0.6 is 0 Å². The highest BCUT2D eigenvalue weighted by molar-refractivity contribution is 5.75. The van der Waals surface area contributed by atoms with Crippen LogP contribution in [0.2, 0.25) is 0 Å². The molecule has 4 heteroatoms. The smallest absolute Gasteiger partial charge is 0.222 e. The molecular weight excluding hydrogens is 240 g/mol. The summed E-state index contributed by atoms with van der Waals surface area (Å²) >= 11 is 0. The van der Waals surface area contributed by atoms with Crippen LogP contribution < -0.4 is 10.1 Å². The van der Waals surface area contributed by atoms with E-state index in [4.69, 9.17) is 4.74 Å². The van der Waals surface area contributed by atoms with Crippen molar-refractivity contribution in [2.75, 3.05) is 7.11 Å². The summed E-state index contributed by atoms with van der Waals surface area (Å²) in [6, 6.07) is 11.6. The SMILES string of the molecule is COc1cccc(CNC(=O)CCn2cccc2)c1. The molecule has 0 bridgehead atoms. The number of ether oxygens (including phenoxy) is 1. The predicted molar refractivity (Wildman–Crippen MR) is 73.9 cm³/mol. The Morgan fingerprint density at radius 2 is 2.05 bits per heavy atom. The van der Waals surface area contributed by atoms with E-state index in [9.17, 15) is 4.79 Å². The first-order valence-electron chi connectivity index (χ1n) is 6.28. The maximum atomic E-state index is 11.7. The molecule has 0 unspecified atom stereocenters. The van der Waals surface area contributed by atoms with Crippen LogP contribution in [0.3, 0.4) is 0 Å². The monoisotopic (exact) mass is 258 g/mol. The van der Waals surface area contributed by atoms with E-state index in [2.05, 4.69) is 5.32 Å². The van der Waals surface area contributed by atoms with E-state index in [0.29, 0.717) is 19.5 Å². The first-order chi connectivity index (χ1) is 9.28. The Labute approximate surface area is 113 Å². The van der Waals surface area contributed by atoms with Gasteiger partial charge in [-0.3, -0.25) is 4.79 Å². The van der Waals surface area contributed by atoms with E-state index in [1.807, 2.05) is 53.4 Å². The minimum atomic E-state index is 0.0523. The van der Waals surface area contributed by atoms with Gasteiger partial charge in [0.15, 0.2) is 0 Å². The van der Waals surface area contributed by atoms with Gasteiger partial charge in [0.25, 0.3) is 0 Å². The molecule has 4 nitrogen and oxygen atoms in total. The first-order valence-corrected chi connectivity index (χ1v) is 6.28. The van der Waals surface area contributed by atoms with Crippen molar-refractivity contribution in [1.82, 2.24) is 9.88 Å². The number of amides is 1. The number of hydrogen-bond donors (Lipinski definition) is 1. The summed E-state index contributed by atoms with van der Waals surface area (Å²) in [6.45, 7) is 1.23. The minimum absolute atomic E-state index is 0.0523. The van der Waals surface area contributed by atoms with E-state index in [-0.39, 0.29) is 5.91 Å². The third kappa shape index (κ3) is 4.17. The number of aromatic nitrogens is 1. The van der Waals surface area contributed by atoms with E-state index in [1.165, 1.54) is 0 Å². The zero-order valence-corrected chi connectivity index (χ0v) is 11.0. The molecule has 2 aromatic rings. The molecule has 0 radical (unpaired) electrons. The zero-order valence-electron chi connectivity index (χ0n) is 11.0. The van der Waals surface area contributed by atoms with Crippen molar-refractivity contribution in [3.63, 3.8) is 0 Å². The fraction of sp³-hybridized carbons (Fsp3) is 0.267. The minimum Gasteiger partial charge on any atom is -0.497 e. The second kappa shape index (κ2) is 6.64. The van der Waals surface area contributed by atoms with E-state index >= 15 is 0 Å². The molecule has 0 saturated heterocycles. The van der Waals surface area contributed by atoms with Crippen molar-refractivity contribution < 1.29 is 9.53 Å². The largest absolute Gasteiger partial charge is 0.497 e. The molecule has 0 spiro atoms. The number of hydrogen-bond acceptors (Lipinski definition) is 2. The lowest BCUT2D eigenvalue weighted by atomic mass is 10.2. The first kappa shape index (κ1) is 13.2. The number of nitrogens with one attached hydrogen (secondary N) is 1. The molecule has 0 fully saturated rings. The lowest BCUT2D eigenvalue weighted by molar-refractivity contribution is -0.121. The van der Waals surface area contributed by atoms with Gasteiger partial charge in [-0.2, -0.15) is 0 Å². The van der Waals surface area contributed by atoms with Crippen molar-refractivity contribution >= 4 is 5.91 Å². The summed E-state index contributed by atoms with van der Waals surface area (Å²) < 4.78 is 7.13. The number of nitrogens with zero attached hydrogens (tertiary/aromatic N) is 1. The molecule has 1 aromatic heterocycles. The number of carbonyl (C=O) groups is 1. The Kier molecular flexibility index (Phi) is 4.61. The van der Waals surface area contributed by atoms with Crippen LogP contribution in [-0.2, 0) is 17.9 Å². The molecule has 0 aliphatic carbocycles. The topological polar surface area (TPSA) is 43.3 Å². The average Bonchev–Trinajstić information content (AvgIpc) is 2.96. The molecule has 0 aliphatic heterocycles. The summed E-state index contributed by atoms with van der Waals surface area (Å²) in [5.41, 5.74) is 1.04. The van der Waals surface area contributed by atoms with Crippen LogP contribution in [0.25, 0.3) is 0 Å². The van der Waals surface area contributed by atoms with Gasteiger partial charge in [0.1, 0.15) is 5.75 Å². The van der Waals surface area contributed by atoms with E-state index < -0.39 is 0 Å². The lowest BCUT2D eigenvalue weighted by Crippen LogP contribution is -2.23. The zero-order chi connectivity index (χ0) is 13.5. The number of aryl methyl sites for hydroxylation is 1. The maximum Gasteiger partial charge on any atom is 0.222 e. The van der Waals surface area contributed by atoms with Gasteiger partial charge in [0, 0.05) is 31.9 Å². The molecule has 1 aromatic carbocycles. The van der Waals surface area contributed by atoms with E-state index in [0.717, 1.165) is 11.3 Å². The predicted octanol–water partition coefficient (Wildman–Crippen LogP) is 2.20. The molecule has 19 heavy (non-hydrogen) atoms. The summed E-state index contributed by atoms with van der Waals surface area (Å²) in [5.74, 6) is 0.857. The maximum absolute atomic E-state index is 11.7. The van der Waals surface area contributed by atoms with Crippen LogP contribution in [0.5, 0.6) is 5.75 Å². The average molecular weight is 258 g/mol. The molecule has 0 aliphatic rings. The van der Waals surface area contributed by atoms with Crippen LogP contribution in [-0.4, -0.2) is 17.6 Å². The fourth-order valence-corrected chi connectivity index (χ4v) is 1.82. The van der Waals surface area contributed by atoms with Crippen LogP contribution in [0, 0.1) is 0 Å². The normalized spacial score (nSPS) is 10.2. The Hall–Kier alpha value is -2.23. The quantitative estimate of drug-likeness (QED) is 0.863. The van der Waals surface area contributed by atoms with Gasteiger partial charge >= 0.3 is 0 Å². The molecule has 0 saturated carbocycles. The number of rotatable bonds is 6. The number of carbonyl (C=O) groups excluding carboxylic acids is 1. The highest BCUT2D eigenvalue weighted by Gasteiger charge is 2.02. The Balaban J connectivity index is 1.76. The molecule has 0 atom stereocenters. The van der Waals surface area contributed by atoms with Gasteiger partial charge in [-0.05, 0) is 29.8 Å². The highest BCUT2D eigenvalue weighted by atomic mass is 16.5. The number of benzene rings is 1. The van der Waals surface area contributed by atoms with E-state index in [1.54, 1.807) is 7.11 Å². The molecule has 1 amide bonds.